The first-order valence-corrected chi connectivity index (χ1v) is 6.84. The number of aromatic nitrogens is 2. The summed E-state index contributed by atoms with van der Waals surface area (Å²) in [7, 11) is 0. The SMILES string of the molecule is CS/C(Nc1cccnc1)=C(\C#N)c1ccccn1. The van der Waals surface area contributed by atoms with Gasteiger partial charge >= 0.3 is 0 Å². The second-order valence-corrected chi connectivity index (χ2v) is 4.42. The number of hydrogen-bond acceptors (Lipinski definition) is 5. The highest BCUT2D eigenvalue weighted by molar-refractivity contribution is 8.02. The lowest BCUT2D eigenvalue weighted by atomic mass is 10.2. The Morgan fingerprint density at radius 1 is 1.26 bits per heavy atom. The summed E-state index contributed by atoms with van der Waals surface area (Å²) in [4.78, 5) is 8.25. The summed E-state index contributed by atoms with van der Waals surface area (Å²) < 4.78 is 0. The Labute approximate surface area is 116 Å². The molecule has 0 aliphatic rings. The van der Waals surface area contributed by atoms with Crippen LogP contribution in [-0.2, 0) is 0 Å². The molecule has 0 spiro atoms. The number of allylic oxidation sites excluding steroid dienone is 1. The van der Waals surface area contributed by atoms with E-state index in [9.17, 15) is 5.26 Å². The van der Waals surface area contributed by atoms with Crippen LogP contribution >= 0.6 is 11.8 Å². The van der Waals surface area contributed by atoms with Crippen molar-refractivity contribution in [1.82, 2.24) is 9.97 Å². The molecule has 0 saturated heterocycles. The van der Waals surface area contributed by atoms with Gasteiger partial charge in [-0.2, -0.15) is 5.26 Å². The molecule has 0 bridgehead atoms. The Kier molecular flexibility index (Phi) is 4.54. The van der Waals surface area contributed by atoms with Crippen LogP contribution in [0.5, 0.6) is 0 Å². The lowest BCUT2D eigenvalue weighted by Gasteiger charge is -2.10. The van der Waals surface area contributed by atoms with Crippen molar-refractivity contribution < 1.29 is 0 Å². The highest BCUT2D eigenvalue weighted by atomic mass is 32.2. The van der Waals surface area contributed by atoms with E-state index in [0.717, 1.165) is 10.7 Å². The van der Waals surface area contributed by atoms with Gasteiger partial charge in [0.1, 0.15) is 11.6 Å². The fourth-order valence-electron chi connectivity index (χ4n) is 1.52. The maximum absolute atomic E-state index is 9.34. The summed E-state index contributed by atoms with van der Waals surface area (Å²) in [6, 6.07) is 11.4. The van der Waals surface area contributed by atoms with Gasteiger partial charge in [0.25, 0.3) is 0 Å². The van der Waals surface area contributed by atoms with Crippen molar-refractivity contribution >= 4 is 23.0 Å². The molecule has 0 aliphatic heterocycles. The van der Waals surface area contributed by atoms with Gasteiger partial charge in [0.2, 0.25) is 0 Å². The van der Waals surface area contributed by atoms with E-state index in [-0.39, 0.29) is 0 Å². The summed E-state index contributed by atoms with van der Waals surface area (Å²) >= 11 is 1.47. The zero-order valence-electron chi connectivity index (χ0n) is 10.4. The lowest BCUT2D eigenvalue weighted by Crippen LogP contribution is -2.00. The van der Waals surface area contributed by atoms with E-state index in [2.05, 4.69) is 21.4 Å². The van der Waals surface area contributed by atoms with Crippen molar-refractivity contribution in [3.8, 4) is 6.07 Å². The monoisotopic (exact) mass is 268 g/mol. The minimum absolute atomic E-state index is 0.525. The number of nitrogens with one attached hydrogen (secondary N) is 1. The first kappa shape index (κ1) is 13.1. The predicted octanol–water partition coefficient (Wildman–Crippen LogP) is 3.14. The van der Waals surface area contributed by atoms with Gasteiger partial charge in [0.15, 0.2) is 0 Å². The summed E-state index contributed by atoms with van der Waals surface area (Å²) in [5, 5.41) is 13.3. The molecule has 2 heterocycles. The molecule has 0 saturated carbocycles. The number of rotatable bonds is 4. The smallest absolute Gasteiger partial charge is 0.108 e. The number of anilines is 1. The summed E-state index contributed by atoms with van der Waals surface area (Å²) in [5.41, 5.74) is 2.03. The van der Waals surface area contributed by atoms with Gasteiger partial charge in [-0.1, -0.05) is 6.07 Å². The molecular formula is C14H12N4S. The standard InChI is InChI=1S/C14H12N4S/c1-19-14(18-11-5-4-7-16-10-11)12(9-15)13-6-2-3-8-17-13/h2-8,10,18H,1H3/b14-12+. The van der Waals surface area contributed by atoms with Gasteiger partial charge in [-0.25, -0.2) is 0 Å². The van der Waals surface area contributed by atoms with E-state index in [0.29, 0.717) is 11.3 Å². The molecule has 0 aromatic carbocycles. The summed E-state index contributed by atoms with van der Waals surface area (Å²) in [6.45, 7) is 0. The van der Waals surface area contributed by atoms with Gasteiger partial charge in [-0.15, -0.1) is 11.8 Å². The Hall–Kier alpha value is -2.32. The van der Waals surface area contributed by atoms with Gasteiger partial charge < -0.3 is 5.32 Å². The van der Waals surface area contributed by atoms with Crippen molar-refractivity contribution in [2.24, 2.45) is 0 Å². The first-order chi connectivity index (χ1) is 9.35. The number of nitrogens with zero attached hydrogens (tertiary/aromatic N) is 3. The second kappa shape index (κ2) is 6.57. The third-order valence-corrected chi connectivity index (χ3v) is 3.10. The van der Waals surface area contributed by atoms with Crippen molar-refractivity contribution in [3.63, 3.8) is 0 Å². The predicted molar refractivity (Wildman–Crippen MR) is 78.1 cm³/mol. The van der Waals surface area contributed by atoms with Gasteiger partial charge in [-0.05, 0) is 30.5 Å². The largest absolute Gasteiger partial charge is 0.348 e. The summed E-state index contributed by atoms with van der Waals surface area (Å²) in [6.07, 6.45) is 7.01. The average molecular weight is 268 g/mol. The molecule has 2 aromatic heterocycles. The van der Waals surface area contributed by atoms with E-state index < -0.39 is 0 Å². The lowest BCUT2D eigenvalue weighted by molar-refractivity contribution is 1.27. The molecule has 0 amide bonds. The fraction of sp³-hybridized carbons (Fsp3) is 0.0714. The van der Waals surface area contributed by atoms with Crippen LogP contribution in [0.4, 0.5) is 5.69 Å². The van der Waals surface area contributed by atoms with E-state index in [1.807, 2.05) is 36.6 Å². The Bertz CT molecular complexity index is 602. The number of hydrogen-bond donors (Lipinski definition) is 1. The van der Waals surface area contributed by atoms with Crippen molar-refractivity contribution in [3.05, 3.63) is 59.6 Å². The molecule has 19 heavy (non-hydrogen) atoms. The van der Waals surface area contributed by atoms with E-state index >= 15 is 0 Å². The maximum Gasteiger partial charge on any atom is 0.108 e. The molecule has 0 aliphatic carbocycles. The third-order valence-electron chi connectivity index (χ3n) is 2.38. The van der Waals surface area contributed by atoms with Crippen LogP contribution in [0.1, 0.15) is 5.69 Å². The number of nitriles is 1. The molecule has 2 aromatic rings. The van der Waals surface area contributed by atoms with Crippen LogP contribution in [0.2, 0.25) is 0 Å². The zero-order valence-corrected chi connectivity index (χ0v) is 11.2. The first-order valence-electron chi connectivity index (χ1n) is 5.62. The average Bonchev–Trinajstić information content (AvgIpc) is 2.49. The van der Waals surface area contributed by atoms with Crippen LogP contribution in [0.25, 0.3) is 5.57 Å². The topological polar surface area (TPSA) is 61.6 Å². The summed E-state index contributed by atoms with van der Waals surface area (Å²) in [5.74, 6) is 0. The molecule has 0 fully saturated rings. The molecule has 5 heteroatoms. The molecule has 1 N–H and O–H groups in total. The van der Waals surface area contributed by atoms with Crippen molar-refractivity contribution in [2.75, 3.05) is 11.6 Å². The Balaban J connectivity index is 2.38. The normalized spacial score (nSPS) is 11.4. The Morgan fingerprint density at radius 2 is 2.16 bits per heavy atom. The molecule has 2 rings (SSSR count). The highest BCUT2D eigenvalue weighted by Gasteiger charge is 2.09. The van der Waals surface area contributed by atoms with Gasteiger partial charge in [-0.3, -0.25) is 9.97 Å². The molecule has 0 unspecified atom stereocenters. The second-order valence-electron chi connectivity index (χ2n) is 3.60. The van der Waals surface area contributed by atoms with Crippen molar-refractivity contribution in [2.45, 2.75) is 0 Å². The van der Waals surface area contributed by atoms with Gasteiger partial charge in [0, 0.05) is 12.4 Å². The molecule has 0 radical (unpaired) electrons. The fourth-order valence-corrected chi connectivity index (χ4v) is 2.09. The van der Waals surface area contributed by atoms with Crippen LogP contribution in [0.3, 0.4) is 0 Å². The van der Waals surface area contributed by atoms with Crippen molar-refractivity contribution in [1.29, 1.82) is 5.26 Å². The van der Waals surface area contributed by atoms with Gasteiger partial charge in [0.05, 0.1) is 22.6 Å². The third kappa shape index (κ3) is 3.33. The zero-order chi connectivity index (χ0) is 13.5. The number of pyridine rings is 2. The van der Waals surface area contributed by atoms with Crippen LogP contribution < -0.4 is 5.32 Å². The minimum atomic E-state index is 0.525. The van der Waals surface area contributed by atoms with E-state index in [4.69, 9.17) is 0 Å². The number of thioether (sulfide) groups is 1. The van der Waals surface area contributed by atoms with E-state index in [1.165, 1.54) is 11.8 Å². The van der Waals surface area contributed by atoms with E-state index in [1.54, 1.807) is 18.6 Å². The molecular weight excluding hydrogens is 256 g/mol. The minimum Gasteiger partial charge on any atom is -0.348 e. The maximum atomic E-state index is 9.34. The molecule has 0 atom stereocenters. The molecule has 94 valence electrons. The van der Waals surface area contributed by atoms with Crippen LogP contribution in [-0.4, -0.2) is 16.2 Å². The Morgan fingerprint density at radius 3 is 2.74 bits per heavy atom. The van der Waals surface area contributed by atoms with Crippen LogP contribution in [0.15, 0.2) is 54.0 Å². The molecule has 4 nitrogen and oxygen atoms in total. The highest BCUT2D eigenvalue weighted by Crippen LogP contribution is 2.25. The van der Waals surface area contributed by atoms with Crippen LogP contribution in [0, 0.1) is 11.3 Å². The quantitative estimate of drug-likeness (QED) is 0.863.